The quantitative estimate of drug-likeness (QED) is 0.508. The van der Waals surface area contributed by atoms with Gasteiger partial charge in [-0.05, 0) is 49.4 Å². The standard InChI is InChI=1S/C18H32/c1-5-8-10-16-15(9-6-2)17-12-14(7-3)11-13(4)18(16)17/h13-16H,5-12H2,1-4H3. The van der Waals surface area contributed by atoms with Crippen LogP contribution >= 0.6 is 0 Å². The topological polar surface area (TPSA) is 0 Å². The Morgan fingerprint density at radius 3 is 2.39 bits per heavy atom. The van der Waals surface area contributed by atoms with Crippen molar-refractivity contribution in [3.8, 4) is 0 Å². The molecule has 0 aliphatic heterocycles. The van der Waals surface area contributed by atoms with Gasteiger partial charge in [-0.2, -0.15) is 0 Å². The maximum atomic E-state index is 2.50. The lowest BCUT2D eigenvalue weighted by atomic mass is 9.55. The lowest BCUT2D eigenvalue weighted by Gasteiger charge is -2.50. The zero-order valence-corrected chi connectivity index (χ0v) is 13.0. The molecule has 18 heavy (non-hydrogen) atoms. The van der Waals surface area contributed by atoms with Crippen LogP contribution in [0.2, 0.25) is 0 Å². The SMILES string of the molecule is CCCCC1C2=C(CC(CC)CC2C)C1CCC. The fourth-order valence-electron chi connectivity index (χ4n) is 4.57. The van der Waals surface area contributed by atoms with Crippen molar-refractivity contribution < 1.29 is 0 Å². The Morgan fingerprint density at radius 2 is 1.78 bits per heavy atom. The third kappa shape index (κ3) is 2.53. The van der Waals surface area contributed by atoms with E-state index in [1.807, 2.05) is 11.1 Å². The minimum absolute atomic E-state index is 0.897. The molecule has 0 amide bonds. The largest absolute Gasteiger partial charge is 0.0665 e. The van der Waals surface area contributed by atoms with Gasteiger partial charge in [-0.3, -0.25) is 0 Å². The van der Waals surface area contributed by atoms with Gasteiger partial charge in [0.05, 0.1) is 0 Å². The molecule has 0 aromatic heterocycles. The summed E-state index contributed by atoms with van der Waals surface area (Å²) >= 11 is 0. The summed E-state index contributed by atoms with van der Waals surface area (Å²) in [7, 11) is 0. The molecule has 0 saturated heterocycles. The zero-order valence-electron chi connectivity index (χ0n) is 13.0. The molecule has 0 aromatic rings. The van der Waals surface area contributed by atoms with Crippen LogP contribution in [0.15, 0.2) is 11.1 Å². The molecule has 0 spiro atoms. The van der Waals surface area contributed by atoms with E-state index in [0.717, 1.165) is 23.7 Å². The van der Waals surface area contributed by atoms with E-state index in [4.69, 9.17) is 0 Å². The van der Waals surface area contributed by atoms with Gasteiger partial charge in [-0.25, -0.2) is 0 Å². The first-order valence-electron chi connectivity index (χ1n) is 8.45. The molecule has 2 aliphatic carbocycles. The molecular weight excluding hydrogens is 216 g/mol. The van der Waals surface area contributed by atoms with Gasteiger partial charge in [0.25, 0.3) is 0 Å². The summed E-state index contributed by atoms with van der Waals surface area (Å²) in [6.45, 7) is 9.57. The molecule has 4 unspecified atom stereocenters. The first kappa shape index (κ1) is 14.2. The minimum Gasteiger partial charge on any atom is -0.0665 e. The molecule has 2 rings (SSSR count). The van der Waals surface area contributed by atoms with Crippen LogP contribution in [0.1, 0.15) is 79.1 Å². The maximum absolute atomic E-state index is 2.50. The molecule has 0 saturated carbocycles. The molecule has 2 aliphatic rings. The van der Waals surface area contributed by atoms with Crippen LogP contribution < -0.4 is 0 Å². The summed E-state index contributed by atoms with van der Waals surface area (Å²) in [5, 5.41) is 0. The summed E-state index contributed by atoms with van der Waals surface area (Å²) in [6, 6.07) is 0. The van der Waals surface area contributed by atoms with E-state index in [2.05, 4.69) is 27.7 Å². The number of hydrogen-bond donors (Lipinski definition) is 0. The van der Waals surface area contributed by atoms with Crippen molar-refractivity contribution in [1.82, 2.24) is 0 Å². The molecule has 0 aromatic carbocycles. The highest BCUT2D eigenvalue weighted by atomic mass is 14.5. The Kier molecular flexibility index (Phi) is 4.92. The highest BCUT2D eigenvalue weighted by molar-refractivity contribution is 5.36. The predicted molar refractivity (Wildman–Crippen MR) is 80.6 cm³/mol. The third-order valence-electron chi connectivity index (χ3n) is 5.48. The van der Waals surface area contributed by atoms with Crippen LogP contribution in [-0.4, -0.2) is 0 Å². The molecule has 0 fully saturated rings. The van der Waals surface area contributed by atoms with E-state index in [9.17, 15) is 0 Å². The Labute approximate surface area is 114 Å². The summed E-state index contributed by atoms with van der Waals surface area (Å²) in [6.07, 6.45) is 11.4. The molecule has 0 N–H and O–H groups in total. The third-order valence-corrected chi connectivity index (χ3v) is 5.48. The molecular formula is C18H32. The van der Waals surface area contributed by atoms with Gasteiger partial charge in [0.1, 0.15) is 0 Å². The van der Waals surface area contributed by atoms with Gasteiger partial charge in [-0.15, -0.1) is 0 Å². The van der Waals surface area contributed by atoms with E-state index in [-0.39, 0.29) is 0 Å². The van der Waals surface area contributed by atoms with Crippen molar-refractivity contribution in [2.45, 2.75) is 79.1 Å². The van der Waals surface area contributed by atoms with Crippen LogP contribution in [0.3, 0.4) is 0 Å². The van der Waals surface area contributed by atoms with Crippen molar-refractivity contribution in [3.63, 3.8) is 0 Å². The van der Waals surface area contributed by atoms with Crippen molar-refractivity contribution >= 4 is 0 Å². The average molecular weight is 248 g/mol. The molecule has 0 bridgehead atoms. The molecule has 0 radical (unpaired) electrons. The lowest BCUT2D eigenvalue weighted by molar-refractivity contribution is 0.216. The van der Waals surface area contributed by atoms with Gasteiger partial charge >= 0.3 is 0 Å². The highest BCUT2D eigenvalue weighted by Crippen LogP contribution is 2.55. The van der Waals surface area contributed by atoms with Gasteiger partial charge in [0, 0.05) is 0 Å². The van der Waals surface area contributed by atoms with E-state index in [1.165, 1.54) is 51.4 Å². The number of hydrogen-bond acceptors (Lipinski definition) is 0. The van der Waals surface area contributed by atoms with Crippen LogP contribution in [0.5, 0.6) is 0 Å². The monoisotopic (exact) mass is 248 g/mol. The highest BCUT2D eigenvalue weighted by Gasteiger charge is 2.43. The van der Waals surface area contributed by atoms with Crippen LogP contribution in [-0.2, 0) is 0 Å². The minimum atomic E-state index is 0.897. The van der Waals surface area contributed by atoms with Crippen molar-refractivity contribution in [3.05, 3.63) is 11.1 Å². The predicted octanol–water partition coefficient (Wildman–Crippen LogP) is 5.98. The second-order valence-electron chi connectivity index (χ2n) is 6.74. The Bertz CT molecular complexity index is 299. The first-order valence-corrected chi connectivity index (χ1v) is 8.45. The summed E-state index contributed by atoms with van der Waals surface area (Å²) in [5.74, 6) is 3.85. The fraction of sp³-hybridized carbons (Fsp3) is 0.889. The van der Waals surface area contributed by atoms with E-state index < -0.39 is 0 Å². The summed E-state index contributed by atoms with van der Waals surface area (Å²) in [4.78, 5) is 0. The smallest absolute Gasteiger partial charge is 0.0132 e. The summed E-state index contributed by atoms with van der Waals surface area (Å²) < 4.78 is 0. The molecule has 0 heterocycles. The van der Waals surface area contributed by atoms with Gasteiger partial charge < -0.3 is 0 Å². The zero-order chi connectivity index (χ0) is 13.1. The van der Waals surface area contributed by atoms with E-state index >= 15 is 0 Å². The van der Waals surface area contributed by atoms with Crippen LogP contribution in [0, 0.1) is 23.7 Å². The normalized spacial score (nSPS) is 35.3. The molecule has 104 valence electrons. The Morgan fingerprint density at radius 1 is 1.00 bits per heavy atom. The van der Waals surface area contributed by atoms with Crippen LogP contribution in [0.25, 0.3) is 0 Å². The van der Waals surface area contributed by atoms with Crippen molar-refractivity contribution in [2.24, 2.45) is 23.7 Å². The maximum Gasteiger partial charge on any atom is -0.0132 e. The van der Waals surface area contributed by atoms with Gasteiger partial charge in [-0.1, -0.05) is 64.5 Å². The average Bonchev–Trinajstić information content (AvgIpc) is 2.37. The van der Waals surface area contributed by atoms with Crippen molar-refractivity contribution in [2.75, 3.05) is 0 Å². The lowest BCUT2D eigenvalue weighted by Crippen LogP contribution is -2.38. The van der Waals surface area contributed by atoms with E-state index in [1.54, 1.807) is 0 Å². The number of unbranched alkanes of at least 4 members (excludes halogenated alkanes) is 1. The van der Waals surface area contributed by atoms with Crippen molar-refractivity contribution in [1.29, 1.82) is 0 Å². The second kappa shape index (κ2) is 6.26. The molecule has 0 nitrogen and oxygen atoms in total. The van der Waals surface area contributed by atoms with Gasteiger partial charge in [0.15, 0.2) is 0 Å². The molecule has 0 heteroatoms. The summed E-state index contributed by atoms with van der Waals surface area (Å²) in [5.41, 5.74) is 3.84. The Balaban J connectivity index is 2.10. The number of allylic oxidation sites excluding steroid dienone is 2. The second-order valence-corrected chi connectivity index (χ2v) is 6.74. The fourth-order valence-corrected chi connectivity index (χ4v) is 4.57. The molecule has 4 atom stereocenters. The Hall–Kier alpha value is -0.260. The van der Waals surface area contributed by atoms with Gasteiger partial charge in [0.2, 0.25) is 0 Å². The van der Waals surface area contributed by atoms with E-state index in [0.29, 0.717) is 0 Å². The van der Waals surface area contributed by atoms with Crippen LogP contribution in [0.4, 0.5) is 0 Å². The first-order chi connectivity index (χ1) is 8.72. The number of rotatable bonds is 6.